The molecule has 0 heterocycles. The van der Waals surface area contributed by atoms with Crippen LogP contribution >= 0.6 is 11.8 Å². The lowest BCUT2D eigenvalue weighted by atomic mass is 10.2. The van der Waals surface area contributed by atoms with Crippen molar-refractivity contribution in [1.82, 2.24) is 4.90 Å². The van der Waals surface area contributed by atoms with Crippen molar-refractivity contribution in [3.8, 4) is 0 Å². The molecule has 6 heteroatoms. The molecule has 0 bridgehead atoms. The first kappa shape index (κ1) is 16.1. The van der Waals surface area contributed by atoms with Gasteiger partial charge in [-0.1, -0.05) is 13.0 Å². The topological polar surface area (TPSA) is 32.3 Å². The Labute approximate surface area is 128 Å². The van der Waals surface area contributed by atoms with Crippen molar-refractivity contribution >= 4 is 23.5 Å². The highest BCUT2D eigenvalue weighted by Gasteiger charge is 2.30. The van der Waals surface area contributed by atoms with Gasteiger partial charge in [0.15, 0.2) is 0 Å². The van der Waals surface area contributed by atoms with Crippen LogP contribution in [0.1, 0.15) is 26.2 Å². The molecule has 1 aromatic carbocycles. The standard InChI is InChI=1S/C15H20F2N2OS/c1-3-21-11-8-7-10(9-11)19(2)15(20)18-14-12(16)5-4-6-13(14)17/h4-6,10-11H,3,7-9H2,1-2H3,(H,18,20)/t10-,11-/m1/s1. The smallest absolute Gasteiger partial charge is 0.321 e. The molecule has 1 aromatic rings. The largest absolute Gasteiger partial charge is 0.325 e. The van der Waals surface area contributed by atoms with Crippen molar-refractivity contribution in [1.29, 1.82) is 0 Å². The van der Waals surface area contributed by atoms with Crippen molar-refractivity contribution in [2.75, 3.05) is 18.1 Å². The van der Waals surface area contributed by atoms with Gasteiger partial charge in [-0.2, -0.15) is 11.8 Å². The zero-order valence-corrected chi connectivity index (χ0v) is 13.1. The molecule has 2 amide bonds. The summed E-state index contributed by atoms with van der Waals surface area (Å²) in [6, 6.07) is 3.19. The normalized spacial score (nSPS) is 21.3. The molecule has 1 aliphatic rings. The number of benzene rings is 1. The highest BCUT2D eigenvalue weighted by molar-refractivity contribution is 7.99. The maximum absolute atomic E-state index is 13.5. The van der Waals surface area contributed by atoms with Crippen molar-refractivity contribution < 1.29 is 13.6 Å². The fourth-order valence-corrected chi connectivity index (χ4v) is 3.77. The molecule has 116 valence electrons. The molecule has 1 aliphatic carbocycles. The molecule has 1 N–H and O–H groups in total. The Morgan fingerprint density at radius 1 is 1.38 bits per heavy atom. The van der Waals surface area contributed by atoms with Gasteiger partial charge in [0.05, 0.1) is 0 Å². The summed E-state index contributed by atoms with van der Waals surface area (Å²) in [6.07, 6.45) is 2.94. The molecule has 2 rings (SSSR count). The zero-order chi connectivity index (χ0) is 15.4. The summed E-state index contributed by atoms with van der Waals surface area (Å²) in [5.41, 5.74) is -0.383. The van der Waals surface area contributed by atoms with Crippen LogP contribution in [-0.4, -0.2) is 35.0 Å². The van der Waals surface area contributed by atoms with Crippen LogP contribution in [0.25, 0.3) is 0 Å². The molecule has 0 saturated heterocycles. The van der Waals surface area contributed by atoms with Gasteiger partial charge < -0.3 is 10.2 Å². The Bertz CT molecular complexity index is 492. The van der Waals surface area contributed by atoms with Crippen LogP contribution in [0.2, 0.25) is 0 Å². The second-order valence-electron chi connectivity index (χ2n) is 5.18. The predicted molar refractivity (Wildman–Crippen MR) is 82.7 cm³/mol. The minimum atomic E-state index is -0.761. The number of carbonyl (C=O) groups excluding carboxylic acids is 1. The summed E-state index contributed by atoms with van der Waals surface area (Å²) in [4.78, 5) is 13.7. The molecule has 0 spiro atoms. The molecular formula is C15H20F2N2OS. The third kappa shape index (κ3) is 3.87. The van der Waals surface area contributed by atoms with E-state index in [1.807, 2.05) is 11.8 Å². The van der Waals surface area contributed by atoms with Crippen LogP contribution in [0, 0.1) is 11.6 Å². The number of rotatable bonds is 4. The summed E-state index contributed by atoms with van der Waals surface area (Å²) in [7, 11) is 1.68. The number of thioether (sulfide) groups is 1. The number of hydrogen-bond donors (Lipinski definition) is 1. The van der Waals surface area contributed by atoms with Gasteiger partial charge in [-0.3, -0.25) is 0 Å². The number of nitrogens with zero attached hydrogens (tertiary/aromatic N) is 1. The van der Waals surface area contributed by atoms with E-state index in [0.717, 1.165) is 37.1 Å². The van der Waals surface area contributed by atoms with Gasteiger partial charge in [0, 0.05) is 18.3 Å². The molecule has 0 aromatic heterocycles. The maximum Gasteiger partial charge on any atom is 0.321 e. The van der Waals surface area contributed by atoms with Crippen LogP contribution in [0.5, 0.6) is 0 Å². The zero-order valence-electron chi connectivity index (χ0n) is 12.2. The van der Waals surface area contributed by atoms with Crippen LogP contribution in [0.4, 0.5) is 19.3 Å². The van der Waals surface area contributed by atoms with Crippen LogP contribution in [-0.2, 0) is 0 Å². The highest BCUT2D eigenvalue weighted by Crippen LogP contribution is 2.32. The molecule has 1 saturated carbocycles. The van der Waals surface area contributed by atoms with E-state index in [1.165, 1.54) is 6.07 Å². The first-order valence-electron chi connectivity index (χ1n) is 7.12. The quantitative estimate of drug-likeness (QED) is 0.907. The fourth-order valence-electron chi connectivity index (χ4n) is 2.63. The van der Waals surface area contributed by atoms with Crippen LogP contribution < -0.4 is 5.32 Å². The van der Waals surface area contributed by atoms with Gasteiger partial charge >= 0.3 is 6.03 Å². The Balaban J connectivity index is 1.97. The Morgan fingerprint density at radius 2 is 2.05 bits per heavy atom. The molecule has 0 radical (unpaired) electrons. The van der Waals surface area contributed by atoms with Crippen molar-refractivity contribution in [2.45, 2.75) is 37.5 Å². The van der Waals surface area contributed by atoms with E-state index in [4.69, 9.17) is 0 Å². The van der Waals surface area contributed by atoms with Crippen molar-refractivity contribution in [2.24, 2.45) is 0 Å². The van der Waals surface area contributed by atoms with Gasteiger partial charge in [-0.05, 0) is 37.1 Å². The molecule has 21 heavy (non-hydrogen) atoms. The second kappa shape index (κ2) is 7.11. The fraction of sp³-hybridized carbons (Fsp3) is 0.533. The summed E-state index contributed by atoms with van der Waals surface area (Å²) >= 11 is 1.90. The number of halogens is 2. The number of para-hydroxylation sites is 1. The average Bonchev–Trinajstić information content (AvgIpc) is 2.91. The summed E-state index contributed by atoms with van der Waals surface area (Å²) in [6.45, 7) is 2.12. The Kier molecular flexibility index (Phi) is 5.45. The van der Waals surface area contributed by atoms with Gasteiger partial charge in [-0.15, -0.1) is 0 Å². The molecule has 0 aliphatic heterocycles. The lowest BCUT2D eigenvalue weighted by Gasteiger charge is -2.25. The summed E-state index contributed by atoms with van der Waals surface area (Å²) in [5, 5.41) is 2.90. The first-order valence-corrected chi connectivity index (χ1v) is 8.17. The summed E-state index contributed by atoms with van der Waals surface area (Å²) in [5.74, 6) is -0.460. The SMILES string of the molecule is CCS[C@@H]1CC[C@@H](N(C)C(=O)Nc2c(F)cccc2F)C1. The molecular weight excluding hydrogens is 294 g/mol. The third-order valence-electron chi connectivity index (χ3n) is 3.82. The van der Waals surface area contributed by atoms with E-state index in [1.54, 1.807) is 11.9 Å². The van der Waals surface area contributed by atoms with Gasteiger partial charge in [0.25, 0.3) is 0 Å². The lowest BCUT2D eigenvalue weighted by molar-refractivity contribution is 0.204. The van der Waals surface area contributed by atoms with Gasteiger partial charge in [-0.25, -0.2) is 13.6 Å². The second-order valence-corrected chi connectivity index (χ2v) is 6.76. The summed E-state index contributed by atoms with van der Waals surface area (Å²) < 4.78 is 27.1. The van der Waals surface area contributed by atoms with E-state index >= 15 is 0 Å². The van der Waals surface area contributed by atoms with Crippen LogP contribution in [0.15, 0.2) is 18.2 Å². The number of nitrogens with one attached hydrogen (secondary N) is 1. The monoisotopic (exact) mass is 314 g/mol. The number of anilines is 1. The molecule has 1 fully saturated rings. The van der Waals surface area contributed by atoms with Gasteiger partial charge in [0.1, 0.15) is 17.3 Å². The minimum absolute atomic E-state index is 0.129. The van der Waals surface area contributed by atoms with Crippen molar-refractivity contribution in [3.63, 3.8) is 0 Å². The third-order valence-corrected chi connectivity index (χ3v) is 5.05. The molecule has 3 nitrogen and oxygen atoms in total. The number of amides is 2. The van der Waals surface area contributed by atoms with E-state index in [2.05, 4.69) is 12.2 Å². The maximum atomic E-state index is 13.5. The predicted octanol–water partition coefficient (Wildman–Crippen LogP) is 4.10. The first-order chi connectivity index (χ1) is 10.0. The van der Waals surface area contributed by atoms with Crippen molar-refractivity contribution in [3.05, 3.63) is 29.8 Å². The Hall–Kier alpha value is -1.30. The minimum Gasteiger partial charge on any atom is -0.325 e. The molecule has 0 unspecified atom stereocenters. The number of hydrogen-bond acceptors (Lipinski definition) is 2. The van der Waals surface area contributed by atoms with E-state index in [9.17, 15) is 13.6 Å². The average molecular weight is 314 g/mol. The van der Waals surface area contributed by atoms with Gasteiger partial charge in [0.2, 0.25) is 0 Å². The van der Waals surface area contributed by atoms with E-state index in [-0.39, 0.29) is 11.7 Å². The lowest BCUT2D eigenvalue weighted by Crippen LogP contribution is -2.39. The van der Waals surface area contributed by atoms with E-state index < -0.39 is 17.7 Å². The Morgan fingerprint density at radius 3 is 2.67 bits per heavy atom. The van der Waals surface area contributed by atoms with E-state index in [0.29, 0.717) is 5.25 Å². The number of carbonyl (C=O) groups is 1. The number of urea groups is 1. The van der Waals surface area contributed by atoms with Crippen LogP contribution in [0.3, 0.4) is 0 Å². The highest BCUT2D eigenvalue weighted by atomic mass is 32.2. The molecule has 2 atom stereocenters.